The summed E-state index contributed by atoms with van der Waals surface area (Å²) in [5.74, 6) is 0.834. The molecule has 0 spiro atoms. The van der Waals surface area contributed by atoms with Crippen LogP contribution in [0.3, 0.4) is 0 Å². The first-order chi connectivity index (χ1) is 6.05. The van der Waals surface area contributed by atoms with Gasteiger partial charge in [-0.3, -0.25) is 4.90 Å². The van der Waals surface area contributed by atoms with Crippen molar-refractivity contribution in [2.75, 3.05) is 39.8 Å². The van der Waals surface area contributed by atoms with E-state index in [2.05, 4.69) is 16.8 Å². The van der Waals surface area contributed by atoms with Crippen LogP contribution in [0.4, 0.5) is 0 Å². The summed E-state index contributed by atoms with van der Waals surface area (Å²) in [5, 5.41) is 9.56. The molecule has 0 aliphatic carbocycles. The van der Waals surface area contributed by atoms with E-state index >= 15 is 0 Å². The van der Waals surface area contributed by atoms with E-state index in [-0.39, 0.29) is 0 Å². The van der Waals surface area contributed by atoms with Crippen LogP contribution in [-0.4, -0.2) is 60.3 Å². The minimum atomic E-state index is -0.398. The third-order valence-corrected chi connectivity index (χ3v) is 3.13. The van der Waals surface area contributed by atoms with Crippen LogP contribution >= 0.6 is 0 Å². The fourth-order valence-corrected chi connectivity index (χ4v) is 2.59. The zero-order valence-corrected chi connectivity index (χ0v) is 8.66. The summed E-state index contributed by atoms with van der Waals surface area (Å²) in [6, 6.07) is 0. The van der Waals surface area contributed by atoms with Crippen LogP contribution in [-0.2, 0) is 0 Å². The molecule has 2 rings (SSSR count). The van der Waals surface area contributed by atoms with Crippen molar-refractivity contribution in [3.8, 4) is 0 Å². The van der Waals surface area contributed by atoms with Gasteiger partial charge in [0.25, 0.3) is 0 Å². The molecular formula is C10H20N2O. The van der Waals surface area contributed by atoms with Crippen LogP contribution in [0.15, 0.2) is 0 Å². The van der Waals surface area contributed by atoms with Crippen molar-refractivity contribution in [1.82, 2.24) is 9.80 Å². The summed E-state index contributed by atoms with van der Waals surface area (Å²) in [7, 11) is 2.19. The van der Waals surface area contributed by atoms with Gasteiger partial charge in [-0.05, 0) is 32.9 Å². The van der Waals surface area contributed by atoms with Crippen molar-refractivity contribution in [2.45, 2.75) is 18.9 Å². The lowest BCUT2D eigenvalue weighted by Crippen LogP contribution is -2.60. The van der Waals surface area contributed by atoms with Crippen LogP contribution in [0.2, 0.25) is 0 Å². The molecule has 1 unspecified atom stereocenters. The second kappa shape index (κ2) is 3.23. The van der Waals surface area contributed by atoms with Crippen molar-refractivity contribution < 1.29 is 5.11 Å². The highest BCUT2D eigenvalue weighted by Gasteiger charge is 2.37. The van der Waals surface area contributed by atoms with Crippen molar-refractivity contribution >= 4 is 0 Å². The number of β-amino-alcohol motifs (C(OH)–C–C–N with tert-alkyl or cyclic N) is 1. The van der Waals surface area contributed by atoms with Crippen LogP contribution < -0.4 is 0 Å². The summed E-state index contributed by atoms with van der Waals surface area (Å²) in [6.45, 7) is 7.32. The van der Waals surface area contributed by atoms with Gasteiger partial charge in [0.05, 0.1) is 5.60 Å². The topological polar surface area (TPSA) is 26.7 Å². The van der Waals surface area contributed by atoms with Gasteiger partial charge in [-0.2, -0.15) is 0 Å². The van der Waals surface area contributed by atoms with E-state index in [0.717, 1.165) is 19.0 Å². The fourth-order valence-electron chi connectivity index (χ4n) is 2.59. The van der Waals surface area contributed by atoms with Gasteiger partial charge in [-0.25, -0.2) is 0 Å². The molecule has 13 heavy (non-hydrogen) atoms. The second-order valence-electron chi connectivity index (χ2n) is 5.08. The van der Waals surface area contributed by atoms with Crippen molar-refractivity contribution in [3.63, 3.8) is 0 Å². The molecule has 0 aromatic carbocycles. The predicted octanol–water partition coefficient (Wildman–Crippen LogP) is 0.00470. The summed E-state index contributed by atoms with van der Waals surface area (Å²) in [4.78, 5) is 4.76. The average molecular weight is 184 g/mol. The van der Waals surface area contributed by atoms with Crippen LogP contribution in [0.25, 0.3) is 0 Å². The number of likely N-dealkylation sites (tertiary alicyclic amines) is 2. The van der Waals surface area contributed by atoms with E-state index in [1.165, 1.54) is 26.1 Å². The molecule has 3 nitrogen and oxygen atoms in total. The number of aliphatic hydroxyl groups is 1. The minimum absolute atomic E-state index is 0.398. The number of rotatable bonds is 2. The van der Waals surface area contributed by atoms with Gasteiger partial charge in [-0.1, -0.05) is 0 Å². The molecule has 0 radical (unpaired) electrons. The summed E-state index contributed by atoms with van der Waals surface area (Å²) in [6.07, 6.45) is 1.33. The third kappa shape index (κ3) is 2.22. The molecule has 3 heteroatoms. The number of nitrogens with zero attached hydrogens (tertiary/aromatic N) is 2. The van der Waals surface area contributed by atoms with E-state index < -0.39 is 5.60 Å². The molecule has 0 aromatic rings. The number of hydrogen-bond donors (Lipinski definition) is 1. The number of hydrogen-bond acceptors (Lipinski definition) is 3. The largest absolute Gasteiger partial charge is 0.388 e. The molecule has 0 saturated carbocycles. The van der Waals surface area contributed by atoms with E-state index in [1.54, 1.807) is 0 Å². The molecule has 2 fully saturated rings. The molecule has 76 valence electrons. The molecule has 0 aromatic heterocycles. The maximum absolute atomic E-state index is 9.56. The molecule has 2 aliphatic rings. The molecule has 0 bridgehead atoms. The molecule has 1 N–H and O–H groups in total. The smallest absolute Gasteiger partial charge is 0.0872 e. The quantitative estimate of drug-likeness (QED) is 0.654. The SMILES string of the molecule is CN1CCC(CN2CC(C)(O)C2)C1. The van der Waals surface area contributed by atoms with Gasteiger partial charge >= 0.3 is 0 Å². The maximum atomic E-state index is 9.56. The Labute approximate surface area is 80.3 Å². The molecule has 1 atom stereocenters. The van der Waals surface area contributed by atoms with Crippen LogP contribution in [0.1, 0.15) is 13.3 Å². The lowest BCUT2D eigenvalue weighted by atomic mass is 9.95. The zero-order valence-electron chi connectivity index (χ0n) is 8.66. The highest BCUT2D eigenvalue weighted by Crippen LogP contribution is 2.23. The Hall–Kier alpha value is -0.120. The Bertz CT molecular complexity index is 185. The lowest BCUT2D eigenvalue weighted by molar-refractivity contribution is -0.0877. The molecule has 0 amide bonds. The van der Waals surface area contributed by atoms with E-state index in [1.807, 2.05) is 6.92 Å². The zero-order chi connectivity index (χ0) is 9.47. The van der Waals surface area contributed by atoms with E-state index in [9.17, 15) is 5.11 Å². The first-order valence-corrected chi connectivity index (χ1v) is 5.18. The monoisotopic (exact) mass is 184 g/mol. The highest BCUT2D eigenvalue weighted by molar-refractivity contribution is 4.92. The van der Waals surface area contributed by atoms with Gasteiger partial charge in [0.15, 0.2) is 0 Å². The molecular weight excluding hydrogens is 164 g/mol. The average Bonchev–Trinajstić information content (AvgIpc) is 2.31. The summed E-state index contributed by atoms with van der Waals surface area (Å²) in [5.41, 5.74) is -0.398. The Balaban J connectivity index is 1.69. The summed E-state index contributed by atoms with van der Waals surface area (Å²) < 4.78 is 0. The van der Waals surface area contributed by atoms with Gasteiger partial charge < -0.3 is 10.0 Å². The second-order valence-corrected chi connectivity index (χ2v) is 5.08. The molecule has 2 heterocycles. The van der Waals surface area contributed by atoms with Gasteiger partial charge in [0.2, 0.25) is 0 Å². The van der Waals surface area contributed by atoms with E-state index in [4.69, 9.17) is 0 Å². The van der Waals surface area contributed by atoms with Gasteiger partial charge in [-0.15, -0.1) is 0 Å². The Morgan fingerprint density at radius 1 is 1.46 bits per heavy atom. The first kappa shape index (κ1) is 9.44. The molecule has 2 saturated heterocycles. The lowest BCUT2D eigenvalue weighted by Gasteiger charge is -2.45. The van der Waals surface area contributed by atoms with Crippen molar-refractivity contribution in [1.29, 1.82) is 0 Å². The van der Waals surface area contributed by atoms with Crippen LogP contribution in [0.5, 0.6) is 0 Å². The molecule has 2 aliphatic heterocycles. The highest BCUT2D eigenvalue weighted by atomic mass is 16.3. The van der Waals surface area contributed by atoms with E-state index in [0.29, 0.717) is 0 Å². The normalized spacial score (nSPS) is 34.8. The fraction of sp³-hybridized carbons (Fsp3) is 1.00. The van der Waals surface area contributed by atoms with Gasteiger partial charge in [0.1, 0.15) is 0 Å². The predicted molar refractivity (Wildman–Crippen MR) is 52.7 cm³/mol. The minimum Gasteiger partial charge on any atom is -0.388 e. The summed E-state index contributed by atoms with van der Waals surface area (Å²) >= 11 is 0. The Morgan fingerprint density at radius 3 is 2.62 bits per heavy atom. The van der Waals surface area contributed by atoms with Gasteiger partial charge in [0, 0.05) is 26.2 Å². The maximum Gasteiger partial charge on any atom is 0.0872 e. The Morgan fingerprint density at radius 2 is 2.15 bits per heavy atom. The van der Waals surface area contributed by atoms with Crippen molar-refractivity contribution in [2.24, 2.45) is 5.92 Å². The third-order valence-electron chi connectivity index (χ3n) is 3.13. The standard InChI is InChI=1S/C10H20N2O/c1-10(13)7-12(8-10)6-9-3-4-11(2)5-9/h9,13H,3-8H2,1-2H3. The van der Waals surface area contributed by atoms with Crippen molar-refractivity contribution in [3.05, 3.63) is 0 Å². The first-order valence-electron chi connectivity index (χ1n) is 5.18. The Kier molecular flexibility index (Phi) is 2.34. The van der Waals surface area contributed by atoms with Crippen LogP contribution in [0, 0.1) is 5.92 Å².